The summed E-state index contributed by atoms with van der Waals surface area (Å²) in [6, 6.07) is 6.12. The Morgan fingerprint density at radius 3 is 2.39 bits per heavy atom. The Kier molecular flexibility index (Phi) is 7.22. The highest BCUT2D eigenvalue weighted by molar-refractivity contribution is 7.89. The van der Waals surface area contributed by atoms with Crippen LogP contribution >= 0.6 is 0 Å². The van der Waals surface area contributed by atoms with Gasteiger partial charge in [0.1, 0.15) is 0 Å². The molecule has 0 radical (unpaired) electrons. The molecule has 0 aromatic heterocycles. The van der Waals surface area contributed by atoms with Crippen LogP contribution in [0.25, 0.3) is 0 Å². The molecular formula is C20H31N3O4S. The molecule has 2 rings (SSSR count). The number of hydrogen-bond acceptors (Lipinski definition) is 4. The maximum Gasteiger partial charge on any atom is 0.240 e. The fraction of sp³-hybridized carbons (Fsp3) is 0.600. The lowest BCUT2D eigenvalue weighted by Gasteiger charge is -2.35. The molecule has 0 spiro atoms. The molecule has 0 aliphatic carbocycles. The molecule has 2 N–H and O–H groups in total. The van der Waals surface area contributed by atoms with Crippen LogP contribution in [0.5, 0.6) is 0 Å². The molecule has 8 heteroatoms. The number of hydrogen-bond donors (Lipinski definition) is 2. The van der Waals surface area contributed by atoms with Gasteiger partial charge in [-0.3, -0.25) is 9.59 Å². The van der Waals surface area contributed by atoms with Crippen LogP contribution in [0.3, 0.4) is 0 Å². The molecule has 0 saturated carbocycles. The highest BCUT2D eigenvalue weighted by Gasteiger charge is 2.33. The summed E-state index contributed by atoms with van der Waals surface area (Å²) in [5, 5.41) is 2.84. The summed E-state index contributed by atoms with van der Waals surface area (Å²) in [5.41, 5.74) is 0.0737. The Labute approximate surface area is 167 Å². The molecule has 1 heterocycles. The van der Waals surface area contributed by atoms with Gasteiger partial charge in [0.2, 0.25) is 21.8 Å². The van der Waals surface area contributed by atoms with Crippen LogP contribution in [0.1, 0.15) is 47.0 Å². The van der Waals surface area contributed by atoms with Gasteiger partial charge in [-0.15, -0.1) is 0 Å². The second kappa shape index (κ2) is 9.05. The topological polar surface area (TPSA) is 95.6 Å². The van der Waals surface area contributed by atoms with Gasteiger partial charge in [-0.2, -0.15) is 0 Å². The van der Waals surface area contributed by atoms with Gasteiger partial charge < -0.3 is 10.2 Å². The zero-order valence-corrected chi connectivity index (χ0v) is 17.9. The van der Waals surface area contributed by atoms with Crippen molar-refractivity contribution in [3.8, 4) is 0 Å². The van der Waals surface area contributed by atoms with Crippen molar-refractivity contribution in [3.05, 3.63) is 24.3 Å². The highest BCUT2D eigenvalue weighted by Crippen LogP contribution is 2.24. The highest BCUT2D eigenvalue weighted by atomic mass is 32.2. The predicted molar refractivity (Wildman–Crippen MR) is 109 cm³/mol. The maximum absolute atomic E-state index is 12.6. The third-order valence-electron chi connectivity index (χ3n) is 4.70. The van der Waals surface area contributed by atoms with Crippen LogP contribution < -0.4 is 10.0 Å². The molecule has 1 aliphatic rings. The third-order valence-corrected chi connectivity index (χ3v) is 6.17. The Balaban J connectivity index is 2.00. The first-order valence-corrected chi connectivity index (χ1v) is 11.2. The molecular weight excluding hydrogens is 378 g/mol. The molecule has 1 aliphatic heterocycles. The number of carbonyl (C=O) groups excluding carboxylic acids is 2. The van der Waals surface area contributed by atoms with Crippen molar-refractivity contribution in [1.82, 2.24) is 9.62 Å². The van der Waals surface area contributed by atoms with Crippen molar-refractivity contribution in [1.29, 1.82) is 0 Å². The summed E-state index contributed by atoms with van der Waals surface area (Å²) in [6.45, 7) is 9.00. The number of nitrogens with zero attached hydrogens (tertiary/aromatic N) is 1. The van der Waals surface area contributed by atoms with Crippen LogP contribution in [-0.2, 0) is 19.6 Å². The smallest absolute Gasteiger partial charge is 0.240 e. The van der Waals surface area contributed by atoms with Crippen LogP contribution in [0, 0.1) is 11.3 Å². The van der Waals surface area contributed by atoms with Gasteiger partial charge in [0.15, 0.2) is 0 Å². The molecule has 28 heavy (non-hydrogen) atoms. The molecule has 1 fully saturated rings. The summed E-state index contributed by atoms with van der Waals surface area (Å²) in [6.07, 6.45) is 2.23. The number of carbonyl (C=O) groups is 2. The molecule has 1 aromatic carbocycles. The van der Waals surface area contributed by atoms with Crippen molar-refractivity contribution in [3.63, 3.8) is 0 Å². The minimum Gasteiger partial charge on any atom is -0.341 e. The quantitative estimate of drug-likeness (QED) is 0.755. The largest absolute Gasteiger partial charge is 0.341 e. The SMILES string of the molecule is CCCNS(=O)(=O)c1ccc(NC(=O)C2CCCN(C(=O)C(C)(C)C)C2)cc1. The predicted octanol–water partition coefficient (Wildman–Crippen LogP) is 2.60. The van der Waals surface area contributed by atoms with Crippen molar-refractivity contribution >= 4 is 27.5 Å². The van der Waals surface area contributed by atoms with E-state index in [0.717, 1.165) is 12.8 Å². The summed E-state index contributed by atoms with van der Waals surface area (Å²) in [4.78, 5) is 27.0. The number of benzene rings is 1. The van der Waals surface area contributed by atoms with Crippen molar-refractivity contribution in [2.45, 2.75) is 51.9 Å². The molecule has 1 saturated heterocycles. The van der Waals surface area contributed by atoms with Gasteiger partial charge in [0.25, 0.3) is 0 Å². The van der Waals surface area contributed by atoms with Crippen molar-refractivity contribution < 1.29 is 18.0 Å². The summed E-state index contributed by atoms with van der Waals surface area (Å²) < 4.78 is 26.7. The first-order valence-electron chi connectivity index (χ1n) is 9.74. The van der Waals surface area contributed by atoms with Gasteiger partial charge in [-0.1, -0.05) is 27.7 Å². The van der Waals surface area contributed by atoms with Gasteiger partial charge >= 0.3 is 0 Å². The zero-order valence-electron chi connectivity index (χ0n) is 17.1. The van der Waals surface area contributed by atoms with Crippen molar-refractivity contribution in [2.24, 2.45) is 11.3 Å². The van der Waals surface area contributed by atoms with Crippen LogP contribution in [0.4, 0.5) is 5.69 Å². The van der Waals surface area contributed by atoms with E-state index in [4.69, 9.17) is 0 Å². The molecule has 0 bridgehead atoms. The number of amides is 2. The normalized spacial score (nSPS) is 18.0. The number of anilines is 1. The lowest BCUT2D eigenvalue weighted by atomic mass is 9.91. The van der Waals surface area contributed by atoms with Crippen LogP contribution in [0.2, 0.25) is 0 Å². The molecule has 2 amide bonds. The van der Waals surface area contributed by atoms with E-state index < -0.39 is 15.4 Å². The molecule has 156 valence electrons. The van der Waals surface area contributed by atoms with E-state index in [1.807, 2.05) is 27.7 Å². The minimum absolute atomic E-state index is 0.0548. The maximum atomic E-state index is 12.6. The second-order valence-electron chi connectivity index (χ2n) is 8.25. The van der Waals surface area contributed by atoms with E-state index in [0.29, 0.717) is 31.7 Å². The molecule has 1 unspecified atom stereocenters. The lowest BCUT2D eigenvalue weighted by molar-refractivity contribution is -0.142. The minimum atomic E-state index is -3.53. The van der Waals surface area contributed by atoms with Gasteiger partial charge in [-0.25, -0.2) is 13.1 Å². The van der Waals surface area contributed by atoms with E-state index in [1.54, 1.807) is 17.0 Å². The summed E-state index contributed by atoms with van der Waals surface area (Å²) in [7, 11) is -3.53. The van der Waals surface area contributed by atoms with Gasteiger partial charge in [-0.05, 0) is 43.5 Å². The van der Waals surface area contributed by atoms with Gasteiger partial charge in [0.05, 0.1) is 10.8 Å². The van der Waals surface area contributed by atoms with E-state index in [1.165, 1.54) is 12.1 Å². The second-order valence-corrected chi connectivity index (χ2v) is 10.0. The number of piperidine rings is 1. The van der Waals surface area contributed by atoms with E-state index >= 15 is 0 Å². The summed E-state index contributed by atoms with van der Waals surface area (Å²) >= 11 is 0. The first-order chi connectivity index (χ1) is 13.0. The first kappa shape index (κ1) is 22.4. The Bertz CT molecular complexity index is 798. The average Bonchev–Trinajstić information content (AvgIpc) is 2.65. The number of sulfonamides is 1. The average molecular weight is 410 g/mol. The van der Waals surface area contributed by atoms with Crippen LogP contribution in [0.15, 0.2) is 29.2 Å². The number of nitrogens with one attached hydrogen (secondary N) is 2. The lowest BCUT2D eigenvalue weighted by Crippen LogP contribution is -2.47. The summed E-state index contributed by atoms with van der Waals surface area (Å²) in [5.74, 6) is -0.361. The Hall–Kier alpha value is -1.93. The van der Waals surface area contributed by atoms with E-state index in [-0.39, 0.29) is 22.6 Å². The van der Waals surface area contributed by atoms with Crippen LogP contribution in [-0.4, -0.2) is 44.8 Å². The van der Waals surface area contributed by atoms with Crippen molar-refractivity contribution in [2.75, 3.05) is 25.0 Å². The molecule has 1 aromatic rings. The standard InChI is InChI=1S/C20H31N3O4S/c1-5-12-21-28(26,27)17-10-8-16(9-11-17)22-18(24)15-7-6-13-23(14-15)19(25)20(2,3)4/h8-11,15,21H,5-7,12-14H2,1-4H3,(H,22,24). The molecule has 7 nitrogen and oxygen atoms in total. The Morgan fingerprint density at radius 2 is 1.82 bits per heavy atom. The zero-order chi connectivity index (χ0) is 20.9. The fourth-order valence-electron chi connectivity index (χ4n) is 3.13. The number of likely N-dealkylation sites (tertiary alicyclic amines) is 1. The number of rotatable bonds is 6. The third kappa shape index (κ3) is 5.78. The van der Waals surface area contributed by atoms with E-state index in [9.17, 15) is 18.0 Å². The van der Waals surface area contributed by atoms with E-state index in [2.05, 4.69) is 10.0 Å². The Morgan fingerprint density at radius 1 is 1.18 bits per heavy atom. The monoisotopic (exact) mass is 409 g/mol. The fourth-order valence-corrected chi connectivity index (χ4v) is 4.27. The van der Waals surface area contributed by atoms with Gasteiger partial charge in [0, 0.05) is 30.7 Å². The molecule has 1 atom stereocenters.